The van der Waals surface area contributed by atoms with Crippen molar-refractivity contribution in [3.05, 3.63) is 128 Å². The molecule has 61 heavy (non-hydrogen) atoms. The Bertz CT molecular complexity index is 2240. The molecule has 8 N–H and O–H groups in total. The van der Waals surface area contributed by atoms with E-state index in [2.05, 4.69) is 42.5 Å². The first kappa shape index (κ1) is 47.7. The first-order valence-electron chi connectivity index (χ1n) is 19.0. The van der Waals surface area contributed by atoms with Crippen LogP contribution in [0.15, 0.2) is 89.4 Å². The molecule has 4 unspecified atom stereocenters. The van der Waals surface area contributed by atoms with Crippen LogP contribution in [-0.4, -0.2) is 78.9 Å². The van der Waals surface area contributed by atoms with E-state index in [0.717, 1.165) is 11.1 Å². The Morgan fingerprint density at radius 3 is 2.10 bits per heavy atom. The van der Waals surface area contributed by atoms with E-state index in [4.69, 9.17) is 10.5 Å². The number of carbonyl (C=O) groups is 6. The van der Waals surface area contributed by atoms with Crippen molar-refractivity contribution < 1.29 is 47.4 Å². The zero-order valence-electron chi connectivity index (χ0n) is 33.7. The predicted molar refractivity (Wildman–Crippen MR) is 231 cm³/mol. The molecule has 0 saturated carbocycles. The Morgan fingerprint density at radius 1 is 0.803 bits per heavy atom. The number of primary amides is 1. The first-order valence-corrected chi connectivity index (χ1v) is 20.4. The van der Waals surface area contributed by atoms with Crippen LogP contribution >= 0.6 is 25.2 Å². The molecule has 0 aromatic heterocycles. The molecule has 0 spiro atoms. The molecular weight excluding hydrogens is 877 g/mol. The van der Waals surface area contributed by atoms with Gasteiger partial charge in [-0.3, -0.25) is 28.8 Å². The van der Waals surface area contributed by atoms with Crippen LogP contribution in [0.3, 0.4) is 0 Å². The summed E-state index contributed by atoms with van der Waals surface area (Å²) in [5.41, 5.74) is 5.40. The summed E-state index contributed by atoms with van der Waals surface area (Å²) < 4.78 is 33.6. The SMILES string of the molecule is COc1cc(CC(=O)NCC(NC(=O)C(CCCNC(=O)c2cccc(C)c2)NC(=O)C(Cc2ccc(C(F)(F)P)cc2)NC(=O)c2ccc(C)c(Br)c2)C(N)=O)ccc1O. The standard InChI is InChI=1S/C43H48BrF2N6O8P/c1-24-6-4-7-28(18-24)39(56)48-17-5-8-32(41(58)52-34(38(47)55)23-49-37(54)21-27-12-16-35(53)36(20-27)60-3)50-42(59)33(19-26-10-14-30(15-11-26)43(45,46)61)51-40(57)29-13-9-25(2)31(44)22-29/h4,6-7,9-16,18,20,22,32-34,53H,5,8,17,19,21,23,61H2,1-3H3,(H2,47,55)(H,48,56)(H,49,54)(H,50,59)(H,51,57)(H,52,58). The molecule has 0 fully saturated rings. The number of nitrogens with two attached hydrogens (primary N) is 1. The van der Waals surface area contributed by atoms with Crippen molar-refractivity contribution in [3.8, 4) is 11.5 Å². The summed E-state index contributed by atoms with van der Waals surface area (Å²) in [5.74, 6) is -4.19. The van der Waals surface area contributed by atoms with Gasteiger partial charge < -0.3 is 42.2 Å². The number of halogens is 3. The molecule has 14 nitrogen and oxygen atoms in total. The van der Waals surface area contributed by atoms with Gasteiger partial charge in [0, 0.05) is 40.7 Å². The fourth-order valence-corrected chi connectivity index (χ4v) is 6.58. The third-order valence-electron chi connectivity index (χ3n) is 9.47. The van der Waals surface area contributed by atoms with Gasteiger partial charge in [-0.25, -0.2) is 0 Å². The third kappa shape index (κ3) is 14.6. The van der Waals surface area contributed by atoms with Crippen molar-refractivity contribution in [1.82, 2.24) is 26.6 Å². The Morgan fingerprint density at radius 2 is 1.46 bits per heavy atom. The maximum absolute atomic E-state index is 14.1. The third-order valence-corrected chi connectivity index (χ3v) is 10.7. The summed E-state index contributed by atoms with van der Waals surface area (Å²) in [4.78, 5) is 79.7. The Hall–Kier alpha value is -5.93. The van der Waals surface area contributed by atoms with Crippen molar-refractivity contribution >= 4 is 60.6 Å². The van der Waals surface area contributed by atoms with Crippen LogP contribution in [0.5, 0.6) is 11.5 Å². The minimum Gasteiger partial charge on any atom is -0.504 e. The molecule has 0 aliphatic rings. The molecule has 0 radical (unpaired) electrons. The maximum atomic E-state index is 14.1. The number of hydrogen-bond donors (Lipinski definition) is 7. The Labute approximate surface area is 362 Å². The summed E-state index contributed by atoms with van der Waals surface area (Å²) in [6, 6.07) is 17.1. The van der Waals surface area contributed by atoms with Crippen molar-refractivity contribution in [1.29, 1.82) is 0 Å². The summed E-state index contributed by atoms with van der Waals surface area (Å²) in [5, 5.41) is 23.0. The Kier molecular flexibility index (Phi) is 17.3. The number of phenols is 1. The lowest BCUT2D eigenvalue weighted by Gasteiger charge is -2.25. The fourth-order valence-electron chi connectivity index (χ4n) is 6.01. The lowest BCUT2D eigenvalue weighted by atomic mass is 10.0. The second kappa shape index (κ2) is 22.1. The Balaban J connectivity index is 1.54. The highest BCUT2D eigenvalue weighted by Gasteiger charge is 2.30. The molecule has 4 atom stereocenters. The number of ether oxygens (including phenoxy) is 1. The highest BCUT2D eigenvalue weighted by Crippen LogP contribution is 2.34. The van der Waals surface area contributed by atoms with Crippen LogP contribution in [0.25, 0.3) is 0 Å². The smallest absolute Gasteiger partial charge is 0.283 e. The topological polar surface area (TPSA) is 218 Å². The second-order valence-corrected chi connectivity index (χ2v) is 15.9. The van der Waals surface area contributed by atoms with E-state index in [-0.39, 0.29) is 60.8 Å². The van der Waals surface area contributed by atoms with Gasteiger partial charge >= 0.3 is 0 Å². The maximum Gasteiger partial charge on any atom is 0.283 e. The highest BCUT2D eigenvalue weighted by molar-refractivity contribution is 9.10. The molecular formula is C43H48BrF2N6O8P. The number of hydrogen-bond acceptors (Lipinski definition) is 8. The minimum atomic E-state index is -3.20. The van der Waals surface area contributed by atoms with Crippen molar-refractivity contribution in [2.45, 2.75) is 63.3 Å². The van der Waals surface area contributed by atoms with E-state index in [9.17, 15) is 42.7 Å². The van der Waals surface area contributed by atoms with Gasteiger partial charge in [0.2, 0.25) is 23.6 Å². The number of phenolic OH excluding ortho intramolecular Hbond substituents is 1. The number of alkyl halides is 2. The molecule has 0 bridgehead atoms. The number of benzene rings is 4. The second-order valence-electron chi connectivity index (χ2n) is 14.3. The molecule has 4 rings (SSSR count). The summed E-state index contributed by atoms with van der Waals surface area (Å²) in [6.45, 7) is 3.33. The first-order chi connectivity index (χ1) is 28.8. The largest absolute Gasteiger partial charge is 0.504 e. The van der Waals surface area contributed by atoms with Crippen LogP contribution < -0.4 is 37.1 Å². The molecule has 18 heteroatoms. The predicted octanol–water partition coefficient (Wildman–Crippen LogP) is 4.07. The van der Waals surface area contributed by atoms with Crippen molar-refractivity contribution in [2.75, 3.05) is 20.2 Å². The van der Waals surface area contributed by atoms with Gasteiger partial charge in [0.25, 0.3) is 17.5 Å². The van der Waals surface area contributed by atoms with E-state index in [0.29, 0.717) is 21.2 Å². The summed E-state index contributed by atoms with van der Waals surface area (Å²) in [7, 11) is 2.81. The molecule has 4 aromatic carbocycles. The van der Waals surface area contributed by atoms with Crippen LogP contribution in [0.1, 0.15) is 61.4 Å². The van der Waals surface area contributed by atoms with Gasteiger partial charge in [-0.15, -0.1) is 0 Å². The molecule has 4 aromatic rings. The number of amides is 6. The lowest BCUT2D eigenvalue weighted by Crippen LogP contribution is -2.58. The van der Waals surface area contributed by atoms with Crippen molar-refractivity contribution in [2.24, 2.45) is 5.73 Å². The van der Waals surface area contributed by atoms with E-state index in [1.54, 1.807) is 36.4 Å². The normalized spacial score (nSPS) is 12.6. The lowest BCUT2D eigenvalue weighted by molar-refractivity contribution is -0.132. The van der Waals surface area contributed by atoms with Gasteiger partial charge in [0.05, 0.1) is 13.5 Å². The van der Waals surface area contributed by atoms with Gasteiger partial charge in [0.1, 0.15) is 18.1 Å². The zero-order valence-corrected chi connectivity index (χ0v) is 36.4. The quantitative estimate of drug-likeness (QED) is 0.0505. The van der Waals surface area contributed by atoms with Crippen LogP contribution in [0, 0.1) is 13.8 Å². The van der Waals surface area contributed by atoms with E-state index in [1.807, 2.05) is 19.9 Å². The average Bonchev–Trinajstić information content (AvgIpc) is 3.21. The van der Waals surface area contributed by atoms with E-state index < -0.39 is 59.9 Å². The summed E-state index contributed by atoms with van der Waals surface area (Å²) in [6.07, 6.45) is -0.256. The van der Waals surface area contributed by atoms with E-state index in [1.165, 1.54) is 58.8 Å². The number of aryl methyl sites for hydroxylation is 2. The number of rotatable bonds is 20. The number of methoxy groups -OCH3 is 1. The van der Waals surface area contributed by atoms with Crippen molar-refractivity contribution in [3.63, 3.8) is 0 Å². The number of carbonyl (C=O) groups excluding carboxylic acids is 6. The molecule has 0 aliphatic heterocycles. The zero-order chi connectivity index (χ0) is 44.9. The van der Waals surface area contributed by atoms with Crippen LogP contribution in [0.2, 0.25) is 0 Å². The molecule has 6 amide bonds. The molecule has 0 saturated heterocycles. The van der Waals surface area contributed by atoms with E-state index >= 15 is 0 Å². The van der Waals surface area contributed by atoms with Gasteiger partial charge in [0.15, 0.2) is 11.5 Å². The highest BCUT2D eigenvalue weighted by atomic mass is 79.9. The molecule has 0 heterocycles. The summed E-state index contributed by atoms with van der Waals surface area (Å²) >= 11 is 3.40. The fraction of sp³-hybridized carbons (Fsp3) is 0.302. The van der Waals surface area contributed by atoms with Gasteiger partial charge in [-0.05, 0) is 79.8 Å². The van der Waals surface area contributed by atoms with Crippen LogP contribution in [-0.2, 0) is 37.7 Å². The molecule has 0 aliphatic carbocycles. The average molecular weight is 926 g/mol. The van der Waals surface area contributed by atoms with Gasteiger partial charge in [-0.1, -0.05) is 79.3 Å². The number of nitrogens with one attached hydrogen (secondary N) is 5. The minimum absolute atomic E-state index is 0.0737. The monoisotopic (exact) mass is 924 g/mol. The molecule has 324 valence electrons. The van der Waals surface area contributed by atoms with Crippen LogP contribution in [0.4, 0.5) is 8.78 Å². The number of aromatic hydroxyl groups is 1. The van der Waals surface area contributed by atoms with Gasteiger partial charge in [-0.2, -0.15) is 8.78 Å².